The van der Waals surface area contributed by atoms with Crippen molar-refractivity contribution >= 4 is 29.9 Å². The van der Waals surface area contributed by atoms with Crippen LogP contribution in [-0.4, -0.2) is 26.0 Å². The molecule has 0 unspecified atom stereocenters. The van der Waals surface area contributed by atoms with Crippen molar-refractivity contribution in [3.63, 3.8) is 0 Å². The molecule has 0 saturated carbocycles. The lowest BCUT2D eigenvalue weighted by atomic mass is 10.4. The van der Waals surface area contributed by atoms with Gasteiger partial charge in [-0.25, -0.2) is 14.7 Å². The zero-order chi connectivity index (χ0) is 12.4. The summed E-state index contributed by atoms with van der Waals surface area (Å²) >= 11 is 1.22. The highest BCUT2D eigenvalue weighted by Crippen LogP contribution is 2.26. The van der Waals surface area contributed by atoms with Crippen molar-refractivity contribution in [1.82, 2.24) is 24.9 Å². The molecule has 0 bridgehead atoms. The topological polar surface area (TPSA) is 105 Å². The molecule has 17 heavy (non-hydrogen) atoms. The van der Waals surface area contributed by atoms with Gasteiger partial charge in [-0.15, -0.1) is 0 Å². The molecule has 0 spiro atoms. The zero-order valence-electron chi connectivity index (χ0n) is 8.65. The fourth-order valence-electron chi connectivity index (χ4n) is 1.35. The number of hydrogen-bond donors (Lipinski definition) is 2. The summed E-state index contributed by atoms with van der Waals surface area (Å²) in [6.45, 7) is 0. The lowest BCUT2D eigenvalue weighted by Gasteiger charge is -2.16. The molecule has 9 nitrogen and oxygen atoms in total. The van der Waals surface area contributed by atoms with Crippen molar-refractivity contribution in [3.8, 4) is 0 Å². The Morgan fingerprint density at radius 3 is 3.06 bits per heavy atom. The van der Waals surface area contributed by atoms with Gasteiger partial charge in [0.1, 0.15) is 6.20 Å². The van der Waals surface area contributed by atoms with Gasteiger partial charge in [0.2, 0.25) is 12.2 Å². The number of nitro groups is 1. The first-order chi connectivity index (χ1) is 8.15. The Morgan fingerprint density at radius 1 is 1.71 bits per heavy atom. The highest BCUT2D eigenvalue weighted by Gasteiger charge is 2.26. The number of nitrogens with one attached hydrogen (secondary N) is 2. The third kappa shape index (κ3) is 1.94. The van der Waals surface area contributed by atoms with Crippen LogP contribution < -0.4 is 10.3 Å². The summed E-state index contributed by atoms with van der Waals surface area (Å²) in [5.74, 6) is 0.257. The van der Waals surface area contributed by atoms with Crippen LogP contribution in [0.3, 0.4) is 0 Å². The summed E-state index contributed by atoms with van der Waals surface area (Å²) in [6, 6.07) is 0. The SMILES string of the molecule is Cn1c([N+](=O)[O-])cnc1C1=CSNN1NC=O. The van der Waals surface area contributed by atoms with Crippen molar-refractivity contribution in [1.29, 1.82) is 0 Å². The summed E-state index contributed by atoms with van der Waals surface area (Å²) in [6.07, 6.45) is 1.66. The Bertz CT molecular complexity index is 498. The van der Waals surface area contributed by atoms with Crippen LogP contribution in [0.5, 0.6) is 0 Å². The summed E-state index contributed by atoms with van der Waals surface area (Å²) in [5.41, 5.74) is 2.91. The van der Waals surface area contributed by atoms with E-state index < -0.39 is 4.92 Å². The lowest BCUT2D eigenvalue weighted by Crippen LogP contribution is -2.40. The third-order valence-electron chi connectivity index (χ3n) is 2.12. The first kappa shape index (κ1) is 11.4. The maximum atomic E-state index is 10.7. The van der Waals surface area contributed by atoms with Crippen LogP contribution in [0.4, 0.5) is 5.82 Å². The molecule has 2 heterocycles. The second-order valence-corrected chi connectivity index (χ2v) is 3.70. The second-order valence-electron chi connectivity index (χ2n) is 3.05. The van der Waals surface area contributed by atoms with E-state index in [-0.39, 0.29) is 5.82 Å². The maximum absolute atomic E-state index is 10.7. The molecule has 1 aliphatic rings. The molecule has 2 rings (SSSR count). The molecule has 0 radical (unpaired) electrons. The standard InChI is InChI=1S/C7H8N6O3S/c1-11-6(13(15)16)2-8-7(11)5-3-17-10-12(5)9-4-14/h2-4,10H,1H3,(H,9,14). The van der Waals surface area contributed by atoms with E-state index in [1.807, 2.05) is 0 Å². The van der Waals surface area contributed by atoms with E-state index in [0.29, 0.717) is 17.9 Å². The minimum Gasteiger partial charge on any atom is -0.358 e. The molecular formula is C7H8N6O3S. The summed E-state index contributed by atoms with van der Waals surface area (Å²) < 4.78 is 1.33. The van der Waals surface area contributed by atoms with E-state index >= 15 is 0 Å². The van der Waals surface area contributed by atoms with Gasteiger partial charge in [0.05, 0.1) is 7.05 Å². The number of imidazole rings is 1. The van der Waals surface area contributed by atoms with Crippen molar-refractivity contribution in [2.45, 2.75) is 0 Å². The largest absolute Gasteiger partial charge is 0.358 e. The molecule has 0 aromatic carbocycles. The molecule has 0 saturated heterocycles. The number of nitrogens with zero attached hydrogens (tertiary/aromatic N) is 4. The molecule has 90 valence electrons. The molecule has 2 N–H and O–H groups in total. The number of aromatic nitrogens is 2. The number of rotatable bonds is 4. The Balaban J connectivity index is 2.34. The minimum absolute atomic E-state index is 0.121. The van der Waals surface area contributed by atoms with Gasteiger partial charge in [0, 0.05) is 5.41 Å². The van der Waals surface area contributed by atoms with E-state index in [1.54, 1.807) is 5.41 Å². The normalized spacial score (nSPS) is 14.6. The monoisotopic (exact) mass is 256 g/mol. The van der Waals surface area contributed by atoms with E-state index in [9.17, 15) is 14.9 Å². The Kier molecular flexibility index (Phi) is 2.97. The van der Waals surface area contributed by atoms with Crippen molar-refractivity contribution < 1.29 is 9.72 Å². The first-order valence-electron chi connectivity index (χ1n) is 4.43. The molecule has 1 amide bonds. The number of hydrazine groups is 2. The van der Waals surface area contributed by atoms with E-state index in [0.717, 1.165) is 6.20 Å². The average Bonchev–Trinajstić information content (AvgIpc) is 2.85. The molecule has 10 heteroatoms. The van der Waals surface area contributed by atoms with Gasteiger partial charge >= 0.3 is 5.82 Å². The number of carbonyl (C=O) groups excluding carboxylic acids is 1. The predicted molar refractivity (Wildman–Crippen MR) is 59.6 cm³/mol. The van der Waals surface area contributed by atoms with Gasteiger partial charge < -0.3 is 10.1 Å². The van der Waals surface area contributed by atoms with Crippen LogP contribution in [0, 0.1) is 10.1 Å². The highest BCUT2D eigenvalue weighted by molar-refractivity contribution is 8.00. The Hall–Kier alpha value is -2.07. The zero-order valence-corrected chi connectivity index (χ0v) is 9.47. The molecule has 1 aromatic heterocycles. The van der Waals surface area contributed by atoms with Crippen LogP contribution in [0.2, 0.25) is 0 Å². The van der Waals surface area contributed by atoms with Gasteiger partial charge in [-0.3, -0.25) is 10.2 Å². The van der Waals surface area contributed by atoms with Crippen molar-refractivity contribution in [3.05, 3.63) is 27.5 Å². The number of carbonyl (C=O) groups is 1. The Morgan fingerprint density at radius 2 is 2.47 bits per heavy atom. The Labute approximate surface area is 99.7 Å². The number of amides is 1. The summed E-state index contributed by atoms with van der Waals surface area (Å²) in [7, 11) is 1.53. The van der Waals surface area contributed by atoms with Gasteiger partial charge in [0.15, 0.2) is 5.70 Å². The van der Waals surface area contributed by atoms with E-state index in [2.05, 4.69) is 15.2 Å². The van der Waals surface area contributed by atoms with E-state index in [4.69, 9.17) is 0 Å². The minimum atomic E-state index is -0.524. The molecule has 1 aliphatic heterocycles. The highest BCUT2D eigenvalue weighted by atomic mass is 32.2. The molecule has 0 atom stereocenters. The fourth-order valence-corrected chi connectivity index (χ4v) is 1.98. The molecular weight excluding hydrogens is 248 g/mol. The second kappa shape index (κ2) is 4.43. The average molecular weight is 256 g/mol. The van der Waals surface area contributed by atoms with Gasteiger partial charge in [0.25, 0.3) is 0 Å². The predicted octanol–water partition coefficient (Wildman–Crippen LogP) is -0.244. The lowest BCUT2D eigenvalue weighted by molar-refractivity contribution is -0.391. The first-order valence-corrected chi connectivity index (χ1v) is 5.31. The fraction of sp³-hybridized carbons (Fsp3) is 0.143. The van der Waals surface area contributed by atoms with Crippen LogP contribution in [0.1, 0.15) is 5.82 Å². The number of hydrogen-bond acceptors (Lipinski definition) is 7. The van der Waals surface area contributed by atoms with Crippen LogP contribution in [0.25, 0.3) is 5.70 Å². The smallest absolute Gasteiger partial charge is 0.342 e. The van der Waals surface area contributed by atoms with Gasteiger partial charge in [-0.1, -0.05) is 0 Å². The maximum Gasteiger partial charge on any atom is 0.342 e. The summed E-state index contributed by atoms with van der Waals surface area (Å²) in [4.78, 5) is 27.2. The van der Waals surface area contributed by atoms with Crippen LogP contribution in [-0.2, 0) is 11.8 Å². The van der Waals surface area contributed by atoms with Crippen LogP contribution >= 0.6 is 11.9 Å². The van der Waals surface area contributed by atoms with Gasteiger partial charge in [-0.2, -0.15) is 4.83 Å². The quantitative estimate of drug-likeness (QED) is 0.331. The van der Waals surface area contributed by atoms with Gasteiger partial charge in [-0.05, 0) is 16.9 Å². The molecule has 1 aromatic rings. The molecule has 0 fully saturated rings. The van der Waals surface area contributed by atoms with E-state index in [1.165, 1.54) is 28.7 Å². The van der Waals surface area contributed by atoms with Crippen molar-refractivity contribution in [2.24, 2.45) is 7.05 Å². The summed E-state index contributed by atoms with van der Waals surface area (Å²) in [5, 5.41) is 13.7. The van der Waals surface area contributed by atoms with Crippen molar-refractivity contribution in [2.75, 3.05) is 0 Å². The molecule has 0 aliphatic carbocycles. The third-order valence-corrected chi connectivity index (χ3v) is 2.75. The van der Waals surface area contributed by atoms with Crippen LogP contribution in [0.15, 0.2) is 11.6 Å².